The fourth-order valence-electron chi connectivity index (χ4n) is 1.77. The number of hydrogen-bond acceptors (Lipinski definition) is 1. The molecule has 0 unspecified atom stereocenters. The smallest absolute Gasteiger partial charge is 0.336 e. The molecule has 5 heteroatoms. The molecule has 2 rings (SSSR count). The van der Waals surface area contributed by atoms with E-state index in [2.05, 4.69) is 45.2 Å². The van der Waals surface area contributed by atoms with Crippen molar-refractivity contribution in [1.82, 2.24) is 0 Å². The van der Waals surface area contributed by atoms with Gasteiger partial charge >= 0.3 is 5.97 Å². The lowest BCUT2D eigenvalue weighted by atomic mass is 10.0. The third kappa shape index (κ3) is 5.89. The van der Waals surface area contributed by atoms with Gasteiger partial charge in [-0.15, -0.1) is 0 Å². The molecule has 1 aliphatic carbocycles. The van der Waals surface area contributed by atoms with Gasteiger partial charge < -0.3 is 5.11 Å². The van der Waals surface area contributed by atoms with Gasteiger partial charge in [-0.05, 0) is 79.9 Å². The van der Waals surface area contributed by atoms with Gasteiger partial charge in [0.15, 0.2) is 0 Å². The molecule has 2 nitrogen and oxygen atoms in total. The van der Waals surface area contributed by atoms with Crippen LogP contribution in [-0.2, 0) is 0 Å². The molecule has 1 saturated carbocycles. The van der Waals surface area contributed by atoms with E-state index >= 15 is 0 Å². The molecule has 1 aromatic rings. The summed E-state index contributed by atoms with van der Waals surface area (Å²) in [7, 11) is 0. The Labute approximate surface area is 149 Å². The van der Waals surface area contributed by atoms with Crippen molar-refractivity contribution in [1.29, 1.82) is 0 Å². The Balaban J connectivity index is 0.000000225. The van der Waals surface area contributed by atoms with E-state index < -0.39 is 5.97 Å². The molecule has 1 fully saturated rings. The van der Waals surface area contributed by atoms with Crippen molar-refractivity contribution < 1.29 is 9.90 Å². The van der Waals surface area contributed by atoms with Gasteiger partial charge in [0.2, 0.25) is 0 Å². The molecule has 0 heterocycles. The molecule has 1 aliphatic rings. The minimum absolute atomic E-state index is 0.381. The maximum absolute atomic E-state index is 10.7. The lowest BCUT2D eigenvalue weighted by Crippen LogP contribution is -2.01. The minimum Gasteiger partial charge on any atom is -0.478 e. The zero-order valence-corrected chi connectivity index (χ0v) is 16.4. The van der Waals surface area contributed by atoms with E-state index in [-0.39, 0.29) is 0 Å². The molecular formula is C13H15I3O2. The minimum atomic E-state index is -0.865. The summed E-state index contributed by atoms with van der Waals surface area (Å²) in [6.07, 6.45) is 9.00. The first-order chi connectivity index (χ1) is 8.52. The summed E-state index contributed by atoms with van der Waals surface area (Å²) < 4.78 is 2.74. The second-order valence-corrected chi connectivity index (χ2v) is 7.66. The molecule has 0 radical (unpaired) electrons. The summed E-state index contributed by atoms with van der Waals surface area (Å²) in [6.45, 7) is 0. The molecule has 0 atom stereocenters. The first-order valence-corrected chi connectivity index (χ1v) is 9.14. The first kappa shape index (κ1) is 16.9. The zero-order chi connectivity index (χ0) is 13.5. The average molecular weight is 584 g/mol. The van der Waals surface area contributed by atoms with E-state index in [1.54, 1.807) is 6.07 Å². The van der Waals surface area contributed by atoms with Crippen LogP contribution in [0.15, 0.2) is 12.1 Å². The molecule has 0 bridgehead atoms. The maximum atomic E-state index is 10.7. The van der Waals surface area contributed by atoms with Crippen LogP contribution in [0.25, 0.3) is 0 Å². The van der Waals surface area contributed by atoms with Gasteiger partial charge in [-0.2, -0.15) is 0 Å². The van der Waals surface area contributed by atoms with Crippen LogP contribution >= 0.6 is 67.8 Å². The van der Waals surface area contributed by atoms with E-state index in [1.807, 2.05) is 28.7 Å². The predicted octanol–water partition coefficient (Wildman–Crippen LogP) is 5.54. The van der Waals surface area contributed by atoms with Crippen LogP contribution in [-0.4, -0.2) is 11.1 Å². The number of hydrogen-bond donors (Lipinski definition) is 1. The molecule has 1 aromatic carbocycles. The van der Waals surface area contributed by atoms with Gasteiger partial charge in [-0.25, -0.2) is 4.79 Å². The Kier molecular flexibility index (Phi) is 8.40. The number of carbonyl (C=O) groups is 1. The Hall–Kier alpha value is 0.880. The highest BCUT2D eigenvalue weighted by Crippen LogP contribution is 2.22. The lowest BCUT2D eigenvalue weighted by Gasteiger charge is -2.05. The largest absolute Gasteiger partial charge is 0.478 e. The highest BCUT2D eigenvalue weighted by atomic mass is 127. The second-order valence-electron chi connectivity index (χ2n) is 4.18. The molecule has 100 valence electrons. The summed E-state index contributed by atoms with van der Waals surface area (Å²) in [5, 5.41) is 8.80. The van der Waals surface area contributed by atoms with E-state index in [1.165, 1.54) is 38.5 Å². The second kappa shape index (κ2) is 8.93. The third-order valence-electron chi connectivity index (χ3n) is 2.72. The molecule has 0 saturated heterocycles. The van der Waals surface area contributed by atoms with Gasteiger partial charge in [0, 0.05) is 10.7 Å². The Morgan fingerprint density at radius 3 is 1.78 bits per heavy atom. The number of carboxylic acid groups (broad SMARTS) is 1. The van der Waals surface area contributed by atoms with Crippen molar-refractivity contribution in [3.05, 3.63) is 28.4 Å². The van der Waals surface area contributed by atoms with Crippen molar-refractivity contribution >= 4 is 73.7 Å². The number of carboxylic acids is 1. The van der Waals surface area contributed by atoms with E-state index in [0.717, 1.165) is 10.7 Å². The SMILES string of the molecule is C1CCCCC1.O=C(O)c1cc(I)cc(I)c1I. The summed E-state index contributed by atoms with van der Waals surface area (Å²) in [5.74, 6) is -0.865. The summed E-state index contributed by atoms with van der Waals surface area (Å²) in [6, 6.07) is 3.63. The normalized spacial score (nSPS) is 14.6. The van der Waals surface area contributed by atoms with Crippen molar-refractivity contribution in [3.8, 4) is 0 Å². The van der Waals surface area contributed by atoms with Crippen LogP contribution in [0.3, 0.4) is 0 Å². The van der Waals surface area contributed by atoms with Crippen LogP contribution < -0.4 is 0 Å². The van der Waals surface area contributed by atoms with Gasteiger partial charge in [-0.1, -0.05) is 38.5 Å². The predicted molar refractivity (Wildman–Crippen MR) is 99.3 cm³/mol. The quantitative estimate of drug-likeness (QED) is 0.348. The van der Waals surface area contributed by atoms with Crippen molar-refractivity contribution in [2.45, 2.75) is 38.5 Å². The van der Waals surface area contributed by atoms with Crippen LogP contribution in [0, 0.1) is 10.7 Å². The van der Waals surface area contributed by atoms with Crippen LogP contribution in [0.5, 0.6) is 0 Å². The summed E-state index contributed by atoms with van der Waals surface area (Å²) in [5.41, 5.74) is 0.381. The highest BCUT2D eigenvalue weighted by Gasteiger charge is 2.11. The molecule has 0 aromatic heterocycles. The first-order valence-electron chi connectivity index (χ1n) is 5.90. The fraction of sp³-hybridized carbons (Fsp3) is 0.462. The van der Waals surface area contributed by atoms with Gasteiger partial charge in [0.05, 0.1) is 5.56 Å². The topological polar surface area (TPSA) is 37.3 Å². The van der Waals surface area contributed by atoms with Crippen LogP contribution in [0.1, 0.15) is 48.9 Å². The van der Waals surface area contributed by atoms with Crippen molar-refractivity contribution in [2.24, 2.45) is 0 Å². The van der Waals surface area contributed by atoms with Gasteiger partial charge in [0.1, 0.15) is 0 Å². The van der Waals surface area contributed by atoms with Crippen molar-refractivity contribution in [3.63, 3.8) is 0 Å². The standard InChI is InChI=1S/C7H3I3O2.C6H12/c8-3-1-4(7(11)12)6(10)5(9)2-3;1-2-4-6-5-3-1/h1-2H,(H,11,12);1-6H2. The molecule has 0 amide bonds. The molecular weight excluding hydrogens is 569 g/mol. The summed E-state index contributed by atoms with van der Waals surface area (Å²) in [4.78, 5) is 10.7. The molecule has 0 aliphatic heterocycles. The number of rotatable bonds is 1. The monoisotopic (exact) mass is 584 g/mol. The highest BCUT2D eigenvalue weighted by molar-refractivity contribution is 14.1. The maximum Gasteiger partial charge on any atom is 0.336 e. The number of halogens is 3. The van der Waals surface area contributed by atoms with E-state index in [0.29, 0.717) is 5.56 Å². The number of benzene rings is 1. The average Bonchev–Trinajstić information content (AvgIpc) is 2.36. The Bertz CT molecular complexity index is 403. The Morgan fingerprint density at radius 1 is 0.944 bits per heavy atom. The van der Waals surface area contributed by atoms with Gasteiger partial charge in [0.25, 0.3) is 0 Å². The molecule has 1 N–H and O–H groups in total. The fourth-order valence-corrected chi connectivity index (χ4v) is 4.16. The van der Waals surface area contributed by atoms with E-state index in [9.17, 15) is 4.79 Å². The third-order valence-corrected chi connectivity index (χ3v) is 6.39. The lowest BCUT2D eigenvalue weighted by molar-refractivity contribution is 0.0695. The summed E-state index contributed by atoms with van der Waals surface area (Å²) >= 11 is 6.29. The Morgan fingerprint density at radius 2 is 1.39 bits per heavy atom. The zero-order valence-electron chi connectivity index (χ0n) is 9.89. The number of aromatic carboxylic acids is 1. The molecule has 0 spiro atoms. The van der Waals surface area contributed by atoms with Gasteiger partial charge in [-0.3, -0.25) is 0 Å². The van der Waals surface area contributed by atoms with E-state index in [4.69, 9.17) is 5.11 Å². The van der Waals surface area contributed by atoms with Crippen molar-refractivity contribution in [2.75, 3.05) is 0 Å². The van der Waals surface area contributed by atoms with Crippen LogP contribution in [0.2, 0.25) is 0 Å². The molecule has 18 heavy (non-hydrogen) atoms. The van der Waals surface area contributed by atoms with Crippen LogP contribution in [0.4, 0.5) is 0 Å².